The standard InChI is InChI=1S/C11H12BrClFNO2/c1-11(2,3)17-10(16)15-9-6(12)4-5-7(13)8(9)14/h4-5H,1-3H3,(H,15,16). The van der Waals surface area contributed by atoms with Gasteiger partial charge in [-0.15, -0.1) is 0 Å². The Morgan fingerprint density at radius 1 is 1.47 bits per heavy atom. The summed E-state index contributed by atoms with van der Waals surface area (Å²) in [6.45, 7) is 5.15. The van der Waals surface area contributed by atoms with Gasteiger partial charge in [-0.1, -0.05) is 11.6 Å². The van der Waals surface area contributed by atoms with Crippen LogP contribution < -0.4 is 5.32 Å². The lowest BCUT2D eigenvalue weighted by molar-refractivity contribution is 0.0635. The van der Waals surface area contributed by atoms with Crippen LogP contribution in [0, 0.1) is 5.82 Å². The molecule has 0 atom stereocenters. The Morgan fingerprint density at radius 3 is 2.59 bits per heavy atom. The van der Waals surface area contributed by atoms with Gasteiger partial charge in [-0.25, -0.2) is 9.18 Å². The molecule has 0 aliphatic heterocycles. The van der Waals surface area contributed by atoms with Crippen LogP contribution in [-0.2, 0) is 4.74 Å². The van der Waals surface area contributed by atoms with Crippen molar-refractivity contribution in [1.82, 2.24) is 0 Å². The smallest absolute Gasteiger partial charge is 0.412 e. The number of amides is 1. The molecular weight excluding hydrogens is 312 g/mol. The van der Waals surface area contributed by atoms with Crippen LogP contribution in [0.5, 0.6) is 0 Å². The summed E-state index contributed by atoms with van der Waals surface area (Å²) in [5, 5.41) is 2.24. The van der Waals surface area contributed by atoms with Gasteiger partial charge in [-0.3, -0.25) is 5.32 Å². The molecule has 0 fully saturated rings. The van der Waals surface area contributed by atoms with Crippen LogP contribution in [0.15, 0.2) is 16.6 Å². The predicted molar refractivity (Wildman–Crippen MR) is 69.0 cm³/mol. The minimum atomic E-state index is -0.737. The van der Waals surface area contributed by atoms with Gasteiger partial charge in [0.05, 0.1) is 10.7 Å². The summed E-state index contributed by atoms with van der Waals surface area (Å²) >= 11 is 8.73. The first-order valence-electron chi connectivity index (χ1n) is 4.84. The predicted octanol–water partition coefficient (Wildman–Crippen LogP) is 4.59. The zero-order chi connectivity index (χ0) is 13.2. The van der Waals surface area contributed by atoms with Crippen LogP contribution in [0.2, 0.25) is 5.02 Å². The largest absolute Gasteiger partial charge is 0.444 e. The third-order valence-electron chi connectivity index (χ3n) is 1.67. The van der Waals surface area contributed by atoms with Gasteiger partial charge in [-0.2, -0.15) is 0 Å². The second-order valence-electron chi connectivity index (χ2n) is 4.35. The van der Waals surface area contributed by atoms with E-state index in [1.807, 2.05) is 0 Å². The number of hydrogen-bond acceptors (Lipinski definition) is 2. The Kier molecular flexibility index (Phi) is 4.38. The number of halogens is 3. The van der Waals surface area contributed by atoms with E-state index in [1.54, 1.807) is 20.8 Å². The minimum Gasteiger partial charge on any atom is -0.444 e. The molecule has 0 saturated heterocycles. The third kappa shape index (κ3) is 4.16. The molecule has 17 heavy (non-hydrogen) atoms. The number of anilines is 1. The van der Waals surface area contributed by atoms with E-state index in [2.05, 4.69) is 21.2 Å². The van der Waals surface area contributed by atoms with Crippen LogP contribution in [0.1, 0.15) is 20.8 Å². The van der Waals surface area contributed by atoms with Crippen molar-refractivity contribution in [3.05, 3.63) is 27.4 Å². The van der Waals surface area contributed by atoms with Gasteiger partial charge in [0.15, 0.2) is 5.82 Å². The van der Waals surface area contributed by atoms with E-state index < -0.39 is 17.5 Å². The number of ether oxygens (including phenoxy) is 1. The maximum absolute atomic E-state index is 13.6. The second kappa shape index (κ2) is 5.23. The van der Waals surface area contributed by atoms with Crippen molar-refractivity contribution >= 4 is 39.3 Å². The van der Waals surface area contributed by atoms with Crippen LogP contribution >= 0.6 is 27.5 Å². The summed E-state index contributed by atoms with van der Waals surface area (Å²) < 4.78 is 19.0. The van der Waals surface area contributed by atoms with Gasteiger partial charge in [0, 0.05) is 4.47 Å². The van der Waals surface area contributed by atoms with E-state index >= 15 is 0 Å². The van der Waals surface area contributed by atoms with Crippen molar-refractivity contribution in [2.24, 2.45) is 0 Å². The number of carbonyl (C=O) groups excluding carboxylic acids is 1. The fourth-order valence-corrected chi connectivity index (χ4v) is 1.61. The minimum absolute atomic E-state index is 0.0354. The van der Waals surface area contributed by atoms with Crippen molar-refractivity contribution in [1.29, 1.82) is 0 Å². The van der Waals surface area contributed by atoms with Crippen LogP contribution in [-0.4, -0.2) is 11.7 Å². The van der Waals surface area contributed by atoms with Crippen molar-refractivity contribution in [3.8, 4) is 0 Å². The number of nitrogens with one attached hydrogen (secondary N) is 1. The van der Waals surface area contributed by atoms with Crippen molar-refractivity contribution in [2.45, 2.75) is 26.4 Å². The highest BCUT2D eigenvalue weighted by molar-refractivity contribution is 9.10. The lowest BCUT2D eigenvalue weighted by Crippen LogP contribution is -2.27. The molecule has 3 nitrogen and oxygen atoms in total. The SMILES string of the molecule is CC(C)(C)OC(=O)Nc1c(Br)ccc(Cl)c1F. The Labute approximate surface area is 112 Å². The van der Waals surface area contributed by atoms with Crippen LogP contribution in [0.25, 0.3) is 0 Å². The summed E-state index contributed by atoms with van der Waals surface area (Å²) in [6.07, 6.45) is -0.737. The molecular formula is C11H12BrClFNO2. The third-order valence-corrected chi connectivity index (χ3v) is 2.62. The first-order valence-corrected chi connectivity index (χ1v) is 6.01. The maximum Gasteiger partial charge on any atom is 0.412 e. The summed E-state index contributed by atoms with van der Waals surface area (Å²) in [6, 6.07) is 2.93. The molecule has 6 heteroatoms. The lowest BCUT2D eigenvalue weighted by Gasteiger charge is -2.20. The van der Waals surface area contributed by atoms with Crippen molar-refractivity contribution in [2.75, 3.05) is 5.32 Å². The first kappa shape index (κ1) is 14.3. The van der Waals surface area contributed by atoms with Gasteiger partial charge in [0.1, 0.15) is 5.60 Å². The Balaban J connectivity index is 2.89. The quantitative estimate of drug-likeness (QED) is 0.767. The molecule has 0 heterocycles. The highest BCUT2D eigenvalue weighted by Gasteiger charge is 2.19. The summed E-state index contributed by atoms with van der Waals surface area (Å²) in [7, 11) is 0. The van der Waals surface area contributed by atoms with E-state index in [-0.39, 0.29) is 10.7 Å². The fourth-order valence-electron chi connectivity index (χ4n) is 1.05. The normalized spacial score (nSPS) is 11.2. The molecule has 0 aliphatic rings. The van der Waals surface area contributed by atoms with Crippen molar-refractivity contribution in [3.63, 3.8) is 0 Å². The molecule has 1 aromatic carbocycles. The average molecular weight is 325 g/mol. The average Bonchev–Trinajstić information content (AvgIpc) is 2.16. The molecule has 0 radical (unpaired) electrons. The van der Waals surface area contributed by atoms with E-state index in [0.29, 0.717) is 4.47 Å². The molecule has 0 aromatic heterocycles. The van der Waals surface area contributed by atoms with Gasteiger partial charge in [0.2, 0.25) is 0 Å². The number of carbonyl (C=O) groups is 1. The molecule has 1 N–H and O–H groups in total. The molecule has 94 valence electrons. The van der Waals surface area contributed by atoms with Gasteiger partial charge in [-0.05, 0) is 48.8 Å². The molecule has 0 aliphatic carbocycles. The lowest BCUT2D eigenvalue weighted by atomic mass is 10.2. The fraction of sp³-hybridized carbons (Fsp3) is 0.364. The molecule has 0 spiro atoms. The molecule has 1 aromatic rings. The van der Waals surface area contributed by atoms with E-state index in [9.17, 15) is 9.18 Å². The number of hydrogen-bond donors (Lipinski definition) is 1. The van der Waals surface area contributed by atoms with Crippen LogP contribution in [0.3, 0.4) is 0 Å². The first-order chi connectivity index (χ1) is 7.70. The zero-order valence-electron chi connectivity index (χ0n) is 9.61. The highest BCUT2D eigenvalue weighted by Crippen LogP contribution is 2.30. The molecule has 0 unspecified atom stereocenters. The van der Waals surface area contributed by atoms with E-state index in [0.717, 1.165) is 0 Å². The van der Waals surface area contributed by atoms with E-state index in [1.165, 1.54) is 12.1 Å². The number of rotatable bonds is 1. The highest BCUT2D eigenvalue weighted by atomic mass is 79.9. The molecule has 1 amide bonds. The zero-order valence-corrected chi connectivity index (χ0v) is 11.9. The van der Waals surface area contributed by atoms with Gasteiger partial charge in [0.25, 0.3) is 0 Å². The Morgan fingerprint density at radius 2 is 2.06 bits per heavy atom. The second-order valence-corrected chi connectivity index (χ2v) is 5.61. The van der Waals surface area contributed by atoms with Crippen molar-refractivity contribution < 1.29 is 13.9 Å². The summed E-state index contributed by atoms with van der Waals surface area (Å²) in [5.74, 6) is -0.702. The maximum atomic E-state index is 13.6. The summed E-state index contributed by atoms with van der Waals surface area (Å²) in [4.78, 5) is 11.5. The summed E-state index contributed by atoms with van der Waals surface area (Å²) in [5.41, 5.74) is -0.683. The van der Waals surface area contributed by atoms with Gasteiger partial charge >= 0.3 is 6.09 Å². The van der Waals surface area contributed by atoms with Gasteiger partial charge < -0.3 is 4.74 Å². The molecule has 0 saturated carbocycles. The molecule has 1 rings (SSSR count). The topological polar surface area (TPSA) is 38.3 Å². The van der Waals surface area contributed by atoms with E-state index in [4.69, 9.17) is 16.3 Å². The monoisotopic (exact) mass is 323 g/mol. The Bertz CT molecular complexity index is 446. The Hall–Kier alpha value is -0.810. The van der Waals surface area contributed by atoms with Crippen LogP contribution in [0.4, 0.5) is 14.9 Å². The molecule has 0 bridgehead atoms. The number of benzene rings is 1.